The molecule has 0 spiro atoms. The Hall–Kier alpha value is -2.49. The second-order valence-electron chi connectivity index (χ2n) is 6.67. The van der Waals surface area contributed by atoms with Crippen molar-refractivity contribution in [2.45, 2.75) is 32.4 Å². The molecule has 0 aliphatic carbocycles. The largest absolute Gasteiger partial charge is 0.378 e. The highest BCUT2D eigenvalue weighted by molar-refractivity contribution is 5.93. The summed E-state index contributed by atoms with van der Waals surface area (Å²) in [6, 6.07) is 17.0. The summed E-state index contributed by atoms with van der Waals surface area (Å²) in [5.41, 5.74) is 4.48. The van der Waals surface area contributed by atoms with Gasteiger partial charge in [0.05, 0.1) is 6.04 Å². The third kappa shape index (κ3) is 3.09. The van der Waals surface area contributed by atoms with E-state index in [0.717, 1.165) is 17.8 Å². The molecule has 4 nitrogen and oxygen atoms in total. The van der Waals surface area contributed by atoms with Crippen LogP contribution in [0.1, 0.15) is 31.9 Å². The van der Waals surface area contributed by atoms with Crippen molar-refractivity contribution in [3.63, 3.8) is 0 Å². The molecule has 0 fully saturated rings. The van der Waals surface area contributed by atoms with Crippen LogP contribution in [0.15, 0.2) is 48.5 Å². The molecule has 2 aromatic carbocycles. The highest BCUT2D eigenvalue weighted by atomic mass is 16.2. The molecule has 3 rings (SSSR count). The van der Waals surface area contributed by atoms with Crippen molar-refractivity contribution in [1.82, 2.24) is 0 Å². The highest BCUT2D eigenvalue weighted by Gasteiger charge is 2.31. The Morgan fingerprint density at radius 2 is 1.79 bits per heavy atom. The zero-order chi connectivity index (χ0) is 17.3. The first kappa shape index (κ1) is 16.4. The summed E-state index contributed by atoms with van der Waals surface area (Å²) in [5.74, 6) is 0.101. The smallest absolute Gasteiger partial charge is 0.224 e. The first-order valence-corrected chi connectivity index (χ1v) is 8.40. The van der Waals surface area contributed by atoms with Crippen LogP contribution in [0.4, 0.5) is 17.1 Å². The standard InChI is InChI=1S/C20H25N3O/c1-14-13-19(21-16-9-11-17(12-10-16)22(3)4)18-7-5-6-8-20(18)23(14)15(2)24/h5-12,14,19,21H,13H2,1-4H3. The second-order valence-corrected chi connectivity index (χ2v) is 6.67. The molecular weight excluding hydrogens is 298 g/mol. The molecule has 0 aromatic heterocycles. The molecule has 1 aliphatic rings. The van der Waals surface area contributed by atoms with Crippen LogP contribution in [-0.4, -0.2) is 26.0 Å². The van der Waals surface area contributed by atoms with Gasteiger partial charge in [-0.1, -0.05) is 18.2 Å². The van der Waals surface area contributed by atoms with Gasteiger partial charge in [0.25, 0.3) is 0 Å². The highest BCUT2D eigenvalue weighted by Crippen LogP contribution is 2.38. The Bertz CT molecular complexity index is 724. The van der Waals surface area contributed by atoms with Crippen molar-refractivity contribution in [1.29, 1.82) is 0 Å². The Morgan fingerprint density at radius 1 is 1.12 bits per heavy atom. The van der Waals surface area contributed by atoms with Crippen molar-refractivity contribution in [2.75, 3.05) is 29.2 Å². The van der Waals surface area contributed by atoms with E-state index in [1.807, 2.05) is 37.2 Å². The first-order valence-electron chi connectivity index (χ1n) is 8.40. The van der Waals surface area contributed by atoms with E-state index in [1.54, 1.807) is 6.92 Å². The number of fused-ring (bicyclic) bond motifs is 1. The van der Waals surface area contributed by atoms with Gasteiger partial charge < -0.3 is 15.1 Å². The first-order chi connectivity index (χ1) is 11.5. The summed E-state index contributed by atoms with van der Waals surface area (Å²) < 4.78 is 0. The molecule has 0 radical (unpaired) electrons. The summed E-state index contributed by atoms with van der Waals surface area (Å²) in [6.07, 6.45) is 0.895. The quantitative estimate of drug-likeness (QED) is 0.925. The number of hydrogen-bond donors (Lipinski definition) is 1. The Morgan fingerprint density at radius 3 is 2.42 bits per heavy atom. The third-order valence-electron chi connectivity index (χ3n) is 4.65. The molecule has 24 heavy (non-hydrogen) atoms. The van der Waals surface area contributed by atoms with Crippen molar-refractivity contribution in [2.24, 2.45) is 0 Å². The van der Waals surface area contributed by atoms with Gasteiger partial charge in [-0.2, -0.15) is 0 Å². The monoisotopic (exact) mass is 323 g/mol. The number of carbonyl (C=O) groups excluding carboxylic acids is 1. The molecule has 1 amide bonds. The molecule has 0 saturated heterocycles. The molecule has 0 saturated carbocycles. The summed E-state index contributed by atoms with van der Waals surface area (Å²) in [4.78, 5) is 16.0. The lowest BCUT2D eigenvalue weighted by Crippen LogP contribution is -2.43. The molecule has 2 unspecified atom stereocenters. The molecule has 126 valence electrons. The van der Waals surface area contributed by atoms with Gasteiger partial charge in [0.2, 0.25) is 5.91 Å². The predicted octanol–water partition coefficient (Wildman–Crippen LogP) is 4.05. The maximum atomic E-state index is 12.0. The maximum Gasteiger partial charge on any atom is 0.224 e. The van der Waals surface area contributed by atoms with Gasteiger partial charge in [-0.25, -0.2) is 0 Å². The SMILES string of the molecule is CC(=O)N1c2ccccc2C(Nc2ccc(N(C)C)cc2)CC1C. The summed E-state index contributed by atoms with van der Waals surface area (Å²) in [5, 5.41) is 3.64. The summed E-state index contributed by atoms with van der Waals surface area (Å²) in [7, 11) is 4.08. The van der Waals surface area contributed by atoms with Gasteiger partial charge in [0, 0.05) is 44.1 Å². The second kappa shape index (κ2) is 6.56. The van der Waals surface area contributed by atoms with Crippen LogP contribution in [0.25, 0.3) is 0 Å². The predicted molar refractivity (Wildman–Crippen MR) is 101 cm³/mol. The number of para-hydroxylation sites is 1. The third-order valence-corrected chi connectivity index (χ3v) is 4.65. The molecule has 1 aliphatic heterocycles. The van der Waals surface area contributed by atoms with E-state index in [-0.39, 0.29) is 18.0 Å². The minimum absolute atomic E-state index is 0.101. The zero-order valence-corrected chi connectivity index (χ0v) is 14.8. The van der Waals surface area contributed by atoms with E-state index in [9.17, 15) is 4.79 Å². The van der Waals surface area contributed by atoms with Crippen molar-refractivity contribution in [3.05, 3.63) is 54.1 Å². The fraction of sp³-hybridized carbons (Fsp3) is 0.350. The lowest BCUT2D eigenvalue weighted by atomic mass is 9.91. The lowest BCUT2D eigenvalue weighted by molar-refractivity contribution is -0.117. The van der Waals surface area contributed by atoms with E-state index >= 15 is 0 Å². The van der Waals surface area contributed by atoms with Crippen LogP contribution in [0.3, 0.4) is 0 Å². The zero-order valence-electron chi connectivity index (χ0n) is 14.8. The van der Waals surface area contributed by atoms with Gasteiger partial charge in [0.1, 0.15) is 0 Å². The Balaban J connectivity index is 1.88. The van der Waals surface area contributed by atoms with Gasteiger partial charge in [0.15, 0.2) is 0 Å². The molecule has 1 heterocycles. The number of hydrogen-bond acceptors (Lipinski definition) is 3. The van der Waals surface area contributed by atoms with Gasteiger partial charge in [-0.3, -0.25) is 4.79 Å². The fourth-order valence-electron chi connectivity index (χ4n) is 3.49. The van der Waals surface area contributed by atoms with E-state index in [1.165, 1.54) is 11.3 Å². The minimum atomic E-state index is 0.101. The Kier molecular flexibility index (Phi) is 4.47. The minimum Gasteiger partial charge on any atom is -0.378 e. The average molecular weight is 323 g/mol. The number of anilines is 3. The van der Waals surface area contributed by atoms with Crippen LogP contribution >= 0.6 is 0 Å². The van der Waals surface area contributed by atoms with Crippen LogP contribution in [-0.2, 0) is 4.79 Å². The van der Waals surface area contributed by atoms with E-state index in [2.05, 4.69) is 47.5 Å². The van der Waals surface area contributed by atoms with Crippen LogP contribution < -0.4 is 15.1 Å². The normalized spacial score (nSPS) is 19.6. The number of carbonyl (C=O) groups is 1. The molecule has 2 aromatic rings. The molecule has 2 atom stereocenters. The molecule has 4 heteroatoms. The van der Waals surface area contributed by atoms with Crippen LogP contribution in [0.2, 0.25) is 0 Å². The molecule has 0 bridgehead atoms. The number of rotatable bonds is 3. The fourth-order valence-corrected chi connectivity index (χ4v) is 3.49. The van der Waals surface area contributed by atoms with Crippen LogP contribution in [0, 0.1) is 0 Å². The van der Waals surface area contributed by atoms with Gasteiger partial charge >= 0.3 is 0 Å². The van der Waals surface area contributed by atoms with E-state index in [4.69, 9.17) is 0 Å². The number of nitrogens with one attached hydrogen (secondary N) is 1. The van der Waals surface area contributed by atoms with Crippen LogP contribution in [0.5, 0.6) is 0 Å². The topological polar surface area (TPSA) is 35.6 Å². The number of benzene rings is 2. The van der Waals surface area contributed by atoms with Gasteiger partial charge in [-0.05, 0) is 49.2 Å². The summed E-state index contributed by atoms with van der Waals surface area (Å²) in [6.45, 7) is 3.75. The lowest BCUT2D eigenvalue weighted by Gasteiger charge is -2.39. The number of amides is 1. The van der Waals surface area contributed by atoms with Gasteiger partial charge in [-0.15, -0.1) is 0 Å². The molecule has 1 N–H and O–H groups in total. The van der Waals surface area contributed by atoms with E-state index in [0.29, 0.717) is 0 Å². The van der Waals surface area contributed by atoms with E-state index < -0.39 is 0 Å². The summed E-state index contributed by atoms with van der Waals surface area (Å²) >= 11 is 0. The van der Waals surface area contributed by atoms with Crippen molar-refractivity contribution < 1.29 is 4.79 Å². The molecular formula is C20H25N3O. The Labute approximate surface area is 144 Å². The van der Waals surface area contributed by atoms with Crippen molar-refractivity contribution in [3.8, 4) is 0 Å². The number of nitrogens with zero attached hydrogens (tertiary/aromatic N) is 2. The average Bonchev–Trinajstić information content (AvgIpc) is 2.55. The maximum absolute atomic E-state index is 12.0. The van der Waals surface area contributed by atoms with Crippen molar-refractivity contribution >= 4 is 23.0 Å².